The van der Waals surface area contributed by atoms with Crippen LogP contribution in [-0.4, -0.2) is 47.8 Å². The molecule has 1 aliphatic rings. The summed E-state index contributed by atoms with van der Waals surface area (Å²) >= 11 is 0. The lowest BCUT2D eigenvalue weighted by molar-refractivity contribution is -0.384. The van der Waals surface area contributed by atoms with E-state index < -0.39 is 4.92 Å². The molecule has 2 heterocycles. The maximum Gasteiger partial charge on any atom is 0.269 e. The summed E-state index contributed by atoms with van der Waals surface area (Å²) < 4.78 is 5.21. The second-order valence-corrected chi connectivity index (χ2v) is 6.65. The Morgan fingerprint density at radius 1 is 1.32 bits per heavy atom. The molecule has 9 heteroatoms. The van der Waals surface area contributed by atoms with Crippen molar-refractivity contribution in [3.05, 3.63) is 58.5 Å². The first-order valence-corrected chi connectivity index (χ1v) is 9.01. The van der Waals surface area contributed by atoms with Crippen molar-refractivity contribution >= 4 is 23.2 Å². The molecule has 2 amide bonds. The van der Waals surface area contributed by atoms with E-state index in [1.54, 1.807) is 25.4 Å². The molecule has 1 fully saturated rings. The van der Waals surface area contributed by atoms with Crippen LogP contribution in [-0.2, 0) is 16.1 Å². The summed E-state index contributed by atoms with van der Waals surface area (Å²) in [6.45, 7) is 1.08. The fourth-order valence-electron chi connectivity index (χ4n) is 3.24. The second kappa shape index (κ2) is 8.66. The van der Waals surface area contributed by atoms with E-state index in [1.165, 1.54) is 29.2 Å². The molecule has 2 aromatic rings. The number of rotatable bonds is 7. The maximum atomic E-state index is 12.6. The Hall–Kier alpha value is -3.20. The molecule has 1 atom stereocenters. The van der Waals surface area contributed by atoms with Crippen molar-refractivity contribution < 1.29 is 18.9 Å². The minimum absolute atomic E-state index is 0.0302. The van der Waals surface area contributed by atoms with Crippen LogP contribution in [0.25, 0.3) is 0 Å². The molecule has 1 aromatic carbocycles. The lowest BCUT2D eigenvalue weighted by atomic mass is 10.2. The molecule has 0 radical (unpaired) electrons. The Labute approximate surface area is 162 Å². The maximum absolute atomic E-state index is 12.6. The number of benzene rings is 1. The fraction of sp³-hybridized carbons (Fsp3) is 0.368. The molecule has 3 rings (SSSR count). The summed E-state index contributed by atoms with van der Waals surface area (Å²) in [6, 6.07) is 8.98. The van der Waals surface area contributed by atoms with Crippen LogP contribution in [0.5, 0.6) is 0 Å². The number of likely N-dealkylation sites (tertiary alicyclic amines) is 1. The number of nitro groups is 1. The van der Waals surface area contributed by atoms with Gasteiger partial charge in [0.05, 0.1) is 30.3 Å². The van der Waals surface area contributed by atoms with Crippen molar-refractivity contribution in [2.24, 2.45) is 0 Å². The lowest BCUT2D eigenvalue weighted by Crippen LogP contribution is -2.47. The number of carbonyl (C=O) groups is 2. The van der Waals surface area contributed by atoms with Crippen molar-refractivity contribution in [3.63, 3.8) is 0 Å². The molecule has 0 bridgehead atoms. The number of nitrogens with zero attached hydrogens (tertiary/aromatic N) is 3. The van der Waals surface area contributed by atoms with Crippen molar-refractivity contribution in [2.45, 2.75) is 25.4 Å². The van der Waals surface area contributed by atoms with Crippen LogP contribution in [0.3, 0.4) is 0 Å². The molecular formula is C19H22N4O5. The molecule has 9 nitrogen and oxygen atoms in total. The van der Waals surface area contributed by atoms with Gasteiger partial charge >= 0.3 is 0 Å². The third-order valence-corrected chi connectivity index (χ3v) is 4.84. The topological polar surface area (TPSA) is 109 Å². The van der Waals surface area contributed by atoms with E-state index in [2.05, 4.69) is 5.32 Å². The first-order chi connectivity index (χ1) is 13.5. The zero-order chi connectivity index (χ0) is 20.1. The van der Waals surface area contributed by atoms with E-state index >= 15 is 0 Å². The molecule has 0 aliphatic carbocycles. The Balaban J connectivity index is 1.57. The van der Waals surface area contributed by atoms with E-state index in [-0.39, 0.29) is 30.1 Å². The van der Waals surface area contributed by atoms with Crippen LogP contribution in [0, 0.1) is 10.1 Å². The average molecular weight is 386 g/mol. The first-order valence-electron chi connectivity index (χ1n) is 9.01. The van der Waals surface area contributed by atoms with Gasteiger partial charge in [0.1, 0.15) is 5.76 Å². The predicted molar refractivity (Wildman–Crippen MR) is 102 cm³/mol. The number of amides is 2. The summed E-state index contributed by atoms with van der Waals surface area (Å²) in [4.78, 5) is 38.7. The van der Waals surface area contributed by atoms with Crippen LogP contribution < -0.4 is 10.2 Å². The number of likely N-dealkylation sites (N-methyl/N-ethyl adjacent to an activating group) is 1. The van der Waals surface area contributed by atoms with Gasteiger partial charge in [0, 0.05) is 24.9 Å². The fourth-order valence-corrected chi connectivity index (χ4v) is 3.24. The lowest BCUT2D eigenvalue weighted by Gasteiger charge is -2.26. The number of nitro benzene ring substituents is 1. The summed E-state index contributed by atoms with van der Waals surface area (Å²) in [7, 11) is 1.62. The molecule has 0 spiro atoms. The van der Waals surface area contributed by atoms with Crippen LogP contribution in [0.4, 0.5) is 11.4 Å². The van der Waals surface area contributed by atoms with Gasteiger partial charge in [0.2, 0.25) is 11.8 Å². The summed E-state index contributed by atoms with van der Waals surface area (Å²) in [5, 5.41) is 13.6. The Bertz CT molecular complexity index is 835. The molecular weight excluding hydrogens is 364 g/mol. The number of non-ortho nitro benzene ring substituents is 1. The highest BCUT2D eigenvalue weighted by Crippen LogP contribution is 2.21. The highest BCUT2D eigenvalue weighted by Gasteiger charge is 2.32. The van der Waals surface area contributed by atoms with Gasteiger partial charge in [-0.05, 0) is 43.7 Å². The Morgan fingerprint density at radius 3 is 2.71 bits per heavy atom. The van der Waals surface area contributed by atoms with Crippen molar-refractivity contribution in [3.8, 4) is 0 Å². The number of anilines is 1. The Kier molecular flexibility index (Phi) is 6.05. The monoisotopic (exact) mass is 386 g/mol. The third-order valence-electron chi connectivity index (χ3n) is 4.84. The van der Waals surface area contributed by atoms with Gasteiger partial charge in [-0.2, -0.15) is 0 Å². The molecule has 1 aliphatic heterocycles. The van der Waals surface area contributed by atoms with E-state index in [1.807, 2.05) is 4.90 Å². The molecule has 1 unspecified atom stereocenters. The zero-order valence-corrected chi connectivity index (χ0v) is 15.5. The summed E-state index contributed by atoms with van der Waals surface area (Å²) in [5.41, 5.74) is 0.533. The molecule has 1 saturated heterocycles. The highest BCUT2D eigenvalue weighted by atomic mass is 16.6. The van der Waals surface area contributed by atoms with E-state index in [9.17, 15) is 19.7 Å². The average Bonchev–Trinajstić information content (AvgIpc) is 3.37. The van der Waals surface area contributed by atoms with Gasteiger partial charge in [-0.1, -0.05) is 0 Å². The molecule has 0 saturated carbocycles. The molecule has 1 N–H and O–H groups in total. The van der Waals surface area contributed by atoms with E-state index in [0.717, 1.165) is 6.42 Å². The predicted octanol–water partition coefficient (Wildman–Crippen LogP) is 1.93. The smallest absolute Gasteiger partial charge is 0.269 e. The minimum atomic E-state index is -0.484. The normalized spacial score (nSPS) is 16.7. The number of nitrogens with one attached hydrogen (secondary N) is 1. The van der Waals surface area contributed by atoms with Crippen molar-refractivity contribution in [1.82, 2.24) is 10.2 Å². The van der Waals surface area contributed by atoms with Gasteiger partial charge < -0.3 is 14.6 Å². The van der Waals surface area contributed by atoms with Gasteiger partial charge in [-0.3, -0.25) is 24.6 Å². The number of hydrogen-bond donors (Lipinski definition) is 1. The quantitative estimate of drug-likeness (QED) is 0.575. The number of furan rings is 1. The summed E-state index contributed by atoms with van der Waals surface area (Å²) in [5.74, 6) is 0.367. The highest BCUT2D eigenvalue weighted by molar-refractivity contribution is 5.95. The van der Waals surface area contributed by atoms with Crippen LogP contribution >= 0.6 is 0 Å². The van der Waals surface area contributed by atoms with E-state index in [4.69, 9.17) is 4.42 Å². The SMILES string of the molecule is CN(C(=O)CN1CCCC1C(=O)NCc1ccco1)c1ccc([N+](=O)[O-])cc1. The van der Waals surface area contributed by atoms with Crippen LogP contribution in [0.15, 0.2) is 47.1 Å². The second-order valence-electron chi connectivity index (χ2n) is 6.65. The molecule has 148 valence electrons. The van der Waals surface area contributed by atoms with Gasteiger partial charge in [0.25, 0.3) is 5.69 Å². The van der Waals surface area contributed by atoms with E-state index in [0.29, 0.717) is 31.0 Å². The van der Waals surface area contributed by atoms with Crippen LogP contribution in [0.2, 0.25) is 0 Å². The number of carbonyl (C=O) groups excluding carboxylic acids is 2. The van der Waals surface area contributed by atoms with Gasteiger partial charge in [-0.15, -0.1) is 0 Å². The molecule has 28 heavy (non-hydrogen) atoms. The molecule has 1 aromatic heterocycles. The number of hydrogen-bond acceptors (Lipinski definition) is 6. The standard InChI is InChI=1S/C19H22N4O5/c1-21(14-6-8-15(9-7-14)23(26)27)18(24)13-22-10-2-5-17(22)19(25)20-12-16-4-3-11-28-16/h3-4,6-9,11,17H,2,5,10,12-13H2,1H3,(H,20,25). The summed E-state index contributed by atoms with van der Waals surface area (Å²) in [6.07, 6.45) is 3.09. The Morgan fingerprint density at radius 2 is 2.07 bits per heavy atom. The largest absolute Gasteiger partial charge is 0.467 e. The van der Waals surface area contributed by atoms with Crippen LogP contribution in [0.1, 0.15) is 18.6 Å². The van der Waals surface area contributed by atoms with Crippen molar-refractivity contribution in [2.75, 3.05) is 25.0 Å². The minimum Gasteiger partial charge on any atom is -0.467 e. The first kappa shape index (κ1) is 19.6. The third kappa shape index (κ3) is 4.55. The van der Waals surface area contributed by atoms with Crippen molar-refractivity contribution in [1.29, 1.82) is 0 Å². The van der Waals surface area contributed by atoms with Gasteiger partial charge in [0.15, 0.2) is 0 Å². The zero-order valence-electron chi connectivity index (χ0n) is 15.5. The van der Waals surface area contributed by atoms with Gasteiger partial charge in [-0.25, -0.2) is 0 Å².